The molecule has 292 valence electrons. The van der Waals surface area contributed by atoms with Gasteiger partial charge in [-0.1, -0.05) is 103 Å². The molecule has 14 heteroatoms. The summed E-state index contributed by atoms with van der Waals surface area (Å²) in [4.78, 5) is 84.1. The number of carbonyl (C=O) groups is 5. The molecule has 0 unspecified atom stereocenters. The molecule has 0 bridgehead atoms. The molecular weight excluding hydrogens is 755 g/mol. The molecule has 0 radical (unpaired) electrons. The van der Waals surface area contributed by atoms with Crippen LogP contribution in [0.3, 0.4) is 0 Å². The van der Waals surface area contributed by atoms with Crippen molar-refractivity contribution in [1.82, 2.24) is 19.5 Å². The van der Waals surface area contributed by atoms with E-state index in [-0.39, 0.29) is 44.8 Å². The van der Waals surface area contributed by atoms with E-state index in [1.54, 1.807) is 127 Å². The van der Waals surface area contributed by atoms with E-state index in [0.717, 1.165) is 11.2 Å². The molecule has 0 aliphatic carbocycles. The fourth-order valence-corrected chi connectivity index (χ4v) is 6.85. The molecule has 0 spiro atoms. The highest BCUT2D eigenvalue weighted by atomic mass is 16.6. The van der Waals surface area contributed by atoms with Crippen molar-refractivity contribution in [3.63, 3.8) is 0 Å². The highest BCUT2D eigenvalue weighted by molar-refractivity contribution is 6.27. The van der Waals surface area contributed by atoms with Gasteiger partial charge in [0.1, 0.15) is 19.0 Å². The standard InChI is InChI=1S/C45H33N5O9/c51-36(29-16-6-1-7-17-29)45(56)37(59-43(55)33-24-14-5-15-25-33)34(26-57-42(54)32-22-12-4-13-23-32)58-44(45)49-28-48-35-38(49)46-27-47-39(35)50(40(52)30-18-8-2-9-19-30)41(53)31-20-10-3-11-21-31/h1-25,27-28,34,37,44,56H,26H2/t34-,37-,44-,45-/m1/s1. The van der Waals surface area contributed by atoms with Crippen LogP contribution in [0.15, 0.2) is 164 Å². The lowest BCUT2D eigenvalue weighted by molar-refractivity contribution is -0.0846. The Morgan fingerprint density at radius 1 is 0.627 bits per heavy atom. The van der Waals surface area contributed by atoms with E-state index in [4.69, 9.17) is 14.2 Å². The molecule has 4 atom stereocenters. The molecular formula is C45H33N5O9. The number of ketones is 1. The first kappa shape index (κ1) is 38.2. The summed E-state index contributed by atoms with van der Waals surface area (Å²) in [6.07, 6.45) is -2.68. The summed E-state index contributed by atoms with van der Waals surface area (Å²) in [6, 6.07) is 40.2. The van der Waals surface area contributed by atoms with Gasteiger partial charge in [-0.25, -0.2) is 29.4 Å². The van der Waals surface area contributed by atoms with E-state index >= 15 is 0 Å². The van der Waals surface area contributed by atoms with Gasteiger partial charge in [0.15, 0.2) is 29.3 Å². The van der Waals surface area contributed by atoms with Crippen molar-refractivity contribution in [1.29, 1.82) is 0 Å². The maximum Gasteiger partial charge on any atom is 0.338 e. The molecule has 2 amide bonds. The number of Topliss-reactive ketones (excluding diaryl/α,β-unsaturated/α-hetero) is 1. The normalized spacial score (nSPS) is 18.5. The fourth-order valence-electron chi connectivity index (χ4n) is 6.85. The van der Waals surface area contributed by atoms with Crippen LogP contribution in [0, 0.1) is 0 Å². The number of esters is 2. The molecule has 0 saturated carbocycles. The number of aliphatic hydroxyl groups is 1. The van der Waals surface area contributed by atoms with E-state index in [1.807, 2.05) is 0 Å². The smallest absolute Gasteiger partial charge is 0.338 e. The van der Waals surface area contributed by atoms with Gasteiger partial charge in [0.05, 0.1) is 17.5 Å². The Morgan fingerprint density at radius 2 is 1.10 bits per heavy atom. The number of amides is 2. The maximum atomic E-state index is 14.7. The molecule has 1 fully saturated rings. The number of rotatable bonds is 11. The number of imide groups is 1. The summed E-state index contributed by atoms with van der Waals surface area (Å²) in [7, 11) is 0. The summed E-state index contributed by atoms with van der Waals surface area (Å²) in [5, 5.41) is 13.0. The van der Waals surface area contributed by atoms with Crippen LogP contribution in [0.5, 0.6) is 0 Å². The Balaban J connectivity index is 1.26. The Morgan fingerprint density at radius 3 is 1.63 bits per heavy atom. The average Bonchev–Trinajstić information content (AvgIpc) is 3.85. The van der Waals surface area contributed by atoms with E-state index in [2.05, 4.69) is 15.0 Å². The zero-order valence-electron chi connectivity index (χ0n) is 31.0. The summed E-state index contributed by atoms with van der Waals surface area (Å²) >= 11 is 0. The molecule has 1 N–H and O–H groups in total. The summed E-state index contributed by atoms with van der Waals surface area (Å²) < 4.78 is 19.3. The topological polar surface area (TPSA) is 180 Å². The number of carbonyl (C=O) groups excluding carboxylic acids is 5. The van der Waals surface area contributed by atoms with Gasteiger partial charge in [0, 0.05) is 16.7 Å². The van der Waals surface area contributed by atoms with Crippen LogP contribution < -0.4 is 4.90 Å². The lowest BCUT2D eigenvalue weighted by Crippen LogP contribution is -2.55. The number of aromatic nitrogens is 4. The third kappa shape index (κ3) is 7.36. The zero-order valence-corrected chi connectivity index (χ0v) is 31.0. The first-order valence-electron chi connectivity index (χ1n) is 18.4. The van der Waals surface area contributed by atoms with Crippen molar-refractivity contribution in [2.24, 2.45) is 0 Å². The number of fused-ring (bicyclic) bond motifs is 1. The van der Waals surface area contributed by atoms with E-state index in [1.165, 1.54) is 35.2 Å². The van der Waals surface area contributed by atoms with Gasteiger partial charge in [-0.2, -0.15) is 0 Å². The number of nitrogens with zero attached hydrogens (tertiary/aromatic N) is 5. The number of imidazole rings is 1. The van der Waals surface area contributed by atoms with Crippen LogP contribution >= 0.6 is 0 Å². The van der Waals surface area contributed by atoms with Crippen LogP contribution in [0.25, 0.3) is 11.2 Å². The molecule has 1 aliphatic rings. The number of anilines is 1. The second-order valence-corrected chi connectivity index (χ2v) is 13.4. The van der Waals surface area contributed by atoms with Crippen molar-refractivity contribution in [2.75, 3.05) is 11.5 Å². The number of hydrogen-bond donors (Lipinski definition) is 1. The van der Waals surface area contributed by atoms with E-state index in [9.17, 15) is 29.1 Å². The third-order valence-corrected chi connectivity index (χ3v) is 9.73. The Bertz CT molecular complexity index is 2590. The van der Waals surface area contributed by atoms with Crippen LogP contribution in [-0.4, -0.2) is 78.6 Å². The quantitative estimate of drug-likeness (QED) is 0.0932. The molecule has 14 nitrogen and oxygen atoms in total. The van der Waals surface area contributed by atoms with Crippen molar-refractivity contribution < 1.29 is 43.3 Å². The van der Waals surface area contributed by atoms with Crippen molar-refractivity contribution in [3.8, 4) is 0 Å². The van der Waals surface area contributed by atoms with Gasteiger partial charge < -0.3 is 19.3 Å². The maximum absolute atomic E-state index is 14.7. The van der Waals surface area contributed by atoms with Gasteiger partial charge in [-0.3, -0.25) is 19.0 Å². The summed E-state index contributed by atoms with van der Waals surface area (Å²) in [5.41, 5.74) is -2.13. The summed E-state index contributed by atoms with van der Waals surface area (Å²) in [5.74, 6) is -4.16. The largest absolute Gasteiger partial charge is 0.459 e. The monoisotopic (exact) mass is 787 g/mol. The van der Waals surface area contributed by atoms with Crippen LogP contribution in [0.1, 0.15) is 58.0 Å². The molecule has 1 saturated heterocycles. The molecule has 59 heavy (non-hydrogen) atoms. The molecule has 8 rings (SSSR count). The molecule has 2 aromatic heterocycles. The van der Waals surface area contributed by atoms with Crippen LogP contribution in [-0.2, 0) is 14.2 Å². The van der Waals surface area contributed by atoms with Crippen LogP contribution in [0.2, 0.25) is 0 Å². The lowest BCUT2D eigenvalue weighted by atomic mass is 9.85. The number of benzene rings is 5. The predicted molar refractivity (Wildman–Crippen MR) is 211 cm³/mol. The average molecular weight is 788 g/mol. The van der Waals surface area contributed by atoms with Gasteiger partial charge in [0.25, 0.3) is 11.8 Å². The lowest BCUT2D eigenvalue weighted by Gasteiger charge is -2.32. The fraction of sp³-hybridized carbons (Fsp3) is 0.111. The Hall–Kier alpha value is -7.68. The second kappa shape index (κ2) is 16.4. The van der Waals surface area contributed by atoms with E-state index < -0.39 is 60.2 Å². The van der Waals surface area contributed by atoms with Crippen LogP contribution in [0.4, 0.5) is 5.82 Å². The second-order valence-electron chi connectivity index (χ2n) is 13.4. The first-order chi connectivity index (χ1) is 28.8. The molecule has 3 heterocycles. The minimum Gasteiger partial charge on any atom is -0.459 e. The van der Waals surface area contributed by atoms with Crippen molar-refractivity contribution in [2.45, 2.75) is 24.0 Å². The predicted octanol–water partition coefficient (Wildman–Crippen LogP) is 5.91. The SMILES string of the molecule is O=C(OC[C@H]1O[C@@H](n2cnc3c(N(C(=O)c4ccccc4)C(=O)c4ccccc4)ncnc32)[C@@](O)(C(=O)c2ccccc2)[C@@H]1OC(=O)c1ccccc1)c1ccccc1. The summed E-state index contributed by atoms with van der Waals surface area (Å²) in [6.45, 7) is -0.570. The van der Waals surface area contributed by atoms with Gasteiger partial charge in [-0.15, -0.1) is 0 Å². The molecule has 1 aliphatic heterocycles. The minimum absolute atomic E-state index is 0.0408. The van der Waals surface area contributed by atoms with E-state index in [0.29, 0.717) is 0 Å². The third-order valence-electron chi connectivity index (χ3n) is 9.73. The highest BCUT2D eigenvalue weighted by Gasteiger charge is 2.64. The molecule has 7 aromatic rings. The Kier molecular flexibility index (Phi) is 10.6. The van der Waals surface area contributed by atoms with Crippen molar-refractivity contribution >= 4 is 46.5 Å². The minimum atomic E-state index is -2.73. The zero-order chi connectivity index (χ0) is 40.9. The van der Waals surface area contributed by atoms with Gasteiger partial charge >= 0.3 is 11.9 Å². The first-order valence-corrected chi connectivity index (χ1v) is 18.4. The number of hydrogen-bond acceptors (Lipinski definition) is 12. The Labute approximate surface area is 336 Å². The number of ether oxygens (including phenoxy) is 3. The highest BCUT2D eigenvalue weighted by Crippen LogP contribution is 2.44. The molecule has 5 aromatic carbocycles. The van der Waals surface area contributed by atoms with Gasteiger partial charge in [-0.05, 0) is 48.5 Å². The van der Waals surface area contributed by atoms with Crippen molar-refractivity contribution in [3.05, 3.63) is 192 Å². The van der Waals surface area contributed by atoms with Gasteiger partial charge in [0.2, 0.25) is 11.4 Å².